The van der Waals surface area contributed by atoms with Gasteiger partial charge in [-0.15, -0.1) is 0 Å². The number of hydrogen-bond acceptors (Lipinski definition) is 6. The van der Waals surface area contributed by atoms with E-state index in [0.717, 1.165) is 43.1 Å². The molecule has 0 fully saturated rings. The topological polar surface area (TPSA) is 89.8 Å². The fraction of sp³-hybridized carbons (Fsp3) is 0.357. The van der Waals surface area contributed by atoms with E-state index < -0.39 is 28.3 Å². The first kappa shape index (κ1) is 28.5. The molecule has 0 aromatic heterocycles. The van der Waals surface area contributed by atoms with Crippen LogP contribution in [0.3, 0.4) is 0 Å². The maximum absolute atomic E-state index is 13.3. The van der Waals surface area contributed by atoms with Crippen LogP contribution in [-0.2, 0) is 15.8 Å². The van der Waals surface area contributed by atoms with Crippen molar-refractivity contribution in [3.05, 3.63) is 83.1 Å². The van der Waals surface area contributed by atoms with E-state index in [4.69, 9.17) is 4.74 Å². The average molecular weight is 684 g/mol. The normalized spacial score (nSPS) is 18.2. The molecule has 0 saturated carbocycles. The van der Waals surface area contributed by atoms with E-state index in [1.807, 2.05) is 6.92 Å². The summed E-state index contributed by atoms with van der Waals surface area (Å²) in [6.45, 7) is 2.66. The Hall–Kier alpha value is -2.99. The zero-order valence-electron chi connectivity index (χ0n) is 21.2. The van der Waals surface area contributed by atoms with Gasteiger partial charge in [-0.2, -0.15) is 13.2 Å². The van der Waals surface area contributed by atoms with Gasteiger partial charge in [-0.1, -0.05) is 0 Å². The molecule has 2 aromatic carbocycles. The summed E-state index contributed by atoms with van der Waals surface area (Å²) in [5.41, 5.74) is 1.79. The first-order valence-electron chi connectivity index (χ1n) is 12.7. The number of Topliss-reactive ketones (excluding diaryl/α,β-unsaturated/α-hetero) is 2. The van der Waals surface area contributed by atoms with Crippen molar-refractivity contribution in [2.45, 2.75) is 57.5 Å². The van der Waals surface area contributed by atoms with E-state index in [1.165, 1.54) is 0 Å². The fourth-order valence-electron chi connectivity index (χ4n) is 5.81. The van der Waals surface area contributed by atoms with Crippen molar-refractivity contribution in [1.82, 2.24) is 4.90 Å². The van der Waals surface area contributed by atoms with Crippen molar-refractivity contribution < 1.29 is 32.4 Å². The van der Waals surface area contributed by atoms with Crippen LogP contribution >= 0.6 is 31.9 Å². The van der Waals surface area contributed by atoms with Crippen molar-refractivity contribution in [3.63, 3.8) is 0 Å². The van der Waals surface area contributed by atoms with Crippen molar-refractivity contribution in [2.75, 3.05) is 6.54 Å². The second-order valence-electron chi connectivity index (χ2n) is 9.80. The van der Waals surface area contributed by atoms with Gasteiger partial charge in [0.05, 0.1) is 19.4 Å². The van der Waals surface area contributed by atoms with Crippen LogP contribution in [0.2, 0.25) is 0 Å². The summed E-state index contributed by atoms with van der Waals surface area (Å²) in [5.74, 6) is -0.838. The van der Waals surface area contributed by atoms with Crippen molar-refractivity contribution in [2.24, 2.45) is 0 Å². The number of rotatable bonds is 5. The van der Waals surface area contributed by atoms with E-state index in [0.29, 0.717) is 57.2 Å². The molecule has 5 rings (SSSR count). The summed E-state index contributed by atoms with van der Waals surface area (Å²) in [6, 6.07) is 5.44. The van der Waals surface area contributed by atoms with E-state index in [-0.39, 0.29) is 23.1 Å². The number of nitro benzene ring substituents is 1. The zero-order chi connectivity index (χ0) is 28.9. The Bertz CT molecular complexity index is 1450. The number of ketones is 2. The molecule has 7 nitrogen and oxygen atoms in total. The molecule has 210 valence electrons. The maximum atomic E-state index is 13.3. The first-order valence-corrected chi connectivity index (χ1v) is 14.3. The Labute approximate surface area is 244 Å². The fourth-order valence-corrected chi connectivity index (χ4v) is 7.19. The lowest BCUT2D eigenvalue weighted by Gasteiger charge is -2.43. The molecule has 12 heteroatoms. The van der Waals surface area contributed by atoms with Gasteiger partial charge < -0.3 is 9.64 Å². The van der Waals surface area contributed by atoms with E-state index in [9.17, 15) is 32.9 Å². The van der Waals surface area contributed by atoms with Gasteiger partial charge in [0, 0.05) is 53.9 Å². The summed E-state index contributed by atoms with van der Waals surface area (Å²) < 4.78 is 45.9. The lowest BCUT2D eigenvalue weighted by atomic mass is 9.71. The third-order valence-electron chi connectivity index (χ3n) is 7.45. The number of halogens is 5. The molecule has 0 N–H and O–H groups in total. The van der Waals surface area contributed by atoms with E-state index in [1.54, 1.807) is 12.1 Å². The number of carbonyl (C=O) groups is 2. The molecule has 0 spiro atoms. The number of allylic oxidation sites excluding steroid dienone is 4. The summed E-state index contributed by atoms with van der Waals surface area (Å²) in [5, 5.41) is 11.6. The molecule has 0 unspecified atom stereocenters. The van der Waals surface area contributed by atoms with Crippen LogP contribution in [0.5, 0.6) is 11.5 Å². The smallest absolute Gasteiger partial charge is 0.416 e. The van der Waals surface area contributed by atoms with Gasteiger partial charge in [-0.05, 0) is 94.3 Å². The summed E-state index contributed by atoms with van der Waals surface area (Å²) in [7, 11) is 0. The highest BCUT2D eigenvalue weighted by Crippen LogP contribution is 2.51. The van der Waals surface area contributed by atoms with Gasteiger partial charge in [0.15, 0.2) is 17.3 Å². The van der Waals surface area contributed by atoms with Crippen LogP contribution in [0, 0.1) is 10.1 Å². The van der Waals surface area contributed by atoms with Crippen LogP contribution in [0.25, 0.3) is 0 Å². The molecular formula is C28H23Br2F3N2O5. The molecule has 40 heavy (non-hydrogen) atoms. The highest BCUT2D eigenvalue weighted by molar-refractivity contribution is 9.11. The molecule has 0 amide bonds. The number of nitro groups is 1. The van der Waals surface area contributed by atoms with Crippen molar-refractivity contribution in [3.8, 4) is 11.5 Å². The van der Waals surface area contributed by atoms with E-state index >= 15 is 0 Å². The minimum Gasteiger partial charge on any atom is -0.448 e. The second kappa shape index (κ2) is 10.8. The van der Waals surface area contributed by atoms with Crippen molar-refractivity contribution in [1.29, 1.82) is 0 Å². The number of benzene rings is 2. The molecule has 0 radical (unpaired) electrons. The first-order chi connectivity index (χ1) is 18.9. The molecule has 1 aliphatic heterocycles. The molecule has 0 saturated heterocycles. The molecule has 2 aromatic rings. The predicted molar refractivity (Wildman–Crippen MR) is 147 cm³/mol. The predicted octanol–water partition coefficient (Wildman–Crippen LogP) is 8.36. The summed E-state index contributed by atoms with van der Waals surface area (Å²) in [4.78, 5) is 39.4. The Morgan fingerprint density at radius 3 is 2.00 bits per heavy atom. The second-order valence-corrected chi connectivity index (χ2v) is 11.5. The zero-order valence-corrected chi connectivity index (χ0v) is 24.4. The summed E-state index contributed by atoms with van der Waals surface area (Å²) in [6.07, 6.45) is -1.02. The molecular weight excluding hydrogens is 661 g/mol. The minimum atomic E-state index is -4.76. The van der Waals surface area contributed by atoms with Crippen molar-refractivity contribution >= 4 is 49.1 Å². The Morgan fingerprint density at radius 1 is 0.975 bits per heavy atom. The average Bonchev–Trinajstić information content (AvgIpc) is 2.89. The van der Waals surface area contributed by atoms with Crippen LogP contribution in [0.15, 0.2) is 61.8 Å². The number of alkyl halides is 3. The third kappa shape index (κ3) is 5.00. The monoisotopic (exact) mass is 682 g/mol. The quantitative estimate of drug-likeness (QED) is 0.232. The standard InChI is InChI=1S/C28H23Br2F3N2O5/c1-2-34-18-5-3-7-21(36)25(18)24(26-19(34)6-4-8-22(26)37)14-11-16(29)27(17(30)12-14)40-23-10-9-15(28(31,32)33)13-20(23)35(38)39/h9-13,24H,2-8H2,1H3. The molecule has 0 atom stereocenters. The summed E-state index contributed by atoms with van der Waals surface area (Å²) >= 11 is 6.89. The van der Waals surface area contributed by atoms with Gasteiger partial charge in [-0.3, -0.25) is 19.7 Å². The van der Waals surface area contributed by atoms with Crippen LogP contribution in [-0.4, -0.2) is 27.9 Å². The van der Waals surface area contributed by atoms with Gasteiger partial charge >= 0.3 is 11.9 Å². The molecule has 2 aliphatic carbocycles. The highest BCUT2D eigenvalue weighted by Gasteiger charge is 2.43. The Balaban J connectivity index is 1.61. The van der Waals surface area contributed by atoms with Gasteiger partial charge in [-0.25, -0.2) is 0 Å². The number of carbonyl (C=O) groups excluding carboxylic acids is 2. The third-order valence-corrected chi connectivity index (χ3v) is 8.63. The maximum Gasteiger partial charge on any atom is 0.416 e. The van der Waals surface area contributed by atoms with Gasteiger partial charge in [0.25, 0.3) is 0 Å². The number of hydrogen-bond donors (Lipinski definition) is 0. The van der Waals surface area contributed by atoms with Gasteiger partial charge in [0.2, 0.25) is 5.75 Å². The van der Waals surface area contributed by atoms with E-state index in [2.05, 4.69) is 36.8 Å². The van der Waals surface area contributed by atoms with Gasteiger partial charge in [0.1, 0.15) is 0 Å². The lowest BCUT2D eigenvalue weighted by molar-refractivity contribution is -0.385. The molecule has 0 bridgehead atoms. The Kier molecular flexibility index (Phi) is 7.68. The number of nitrogens with zero attached hydrogens (tertiary/aromatic N) is 2. The van der Waals surface area contributed by atoms with Crippen LogP contribution < -0.4 is 4.74 Å². The molecule has 1 heterocycles. The highest BCUT2D eigenvalue weighted by atomic mass is 79.9. The largest absolute Gasteiger partial charge is 0.448 e. The SMILES string of the molecule is CCN1C2=C(C(=O)CCC2)C(c2cc(Br)c(Oc3ccc(C(F)(F)F)cc3[N+](=O)[O-])c(Br)c2)C2=C1CCCC2=O. The molecule has 3 aliphatic rings. The lowest BCUT2D eigenvalue weighted by Crippen LogP contribution is -2.39. The minimum absolute atomic E-state index is 0.00238. The Morgan fingerprint density at radius 2 is 1.52 bits per heavy atom. The number of ether oxygens (including phenoxy) is 1. The van der Waals surface area contributed by atoms with Crippen LogP contribution in [0.4, 0.5) is 18.9 Å². The van der Waals surface area contributed by atoms with Crippen LogP contribution in [0.1, 0.15) is 62.5 Å².